The van der Waals surface area contributed by atoms with Crippen LogP contribution in [0.2, 0.25) is 0 Å². The topological polar surface area (TPSA) is 30.5 Å². The summed E-state index contributed by atoms with van der Waals surface area (Å²) < 4.78 is 1.41. The summed E-state index contributed by atoms with van der Waals surface area (Å²) in [4.78, 5) is 4.40. The van der Waals surface area contributed by atoms with E-state index in [2.05, 4.69) is 20.4 Å². The summed E-state index contributed by atoms with van der Waals surface area (Å²) in [6.07, 6.45) is 7.41. The lowest BCUT2D eigenvalue weighted by molar-refractivity contribution is 0.342. The third-order valence-corrected chi connectivity index (χ3v) is 16.0. The lowest BCUT2D eigenvalue weighted by Crippen LogP contribution is -2.43. The summed E-state index contributed by atoms with van der Waals surface area (Å²) in [5.41, 5.74) is 0. The smallest absolute Gasteiger partial charge is 0.174 e. The second kappa shape index (κ2) is 15.5. The Kier molecular flexibility index (Phi) is 14.3. The molecule has 0 radical (unpaired) electrons. The van der Waals surface area contributed by atoms with Gasteiger partial charge in [-0.25, -0.2) is 0 Å². The average Bonchev–Trinajstić information content (AvgIpc) is 2.71. The maximum Gasteiger partial charge on any atom is 0.174 e. The van der Waals surface area contributed by atoms with Gasteiger partial charge in [0.1, 0.15) is 0 Å². The summed E-state index contributed by atoms with van der Waals surface area (Å²) in [7, 11) is 9.60. The van der Waals surface area contributed by atoms with Crippen molar-refractivity contribution in [2.24, 2.45) is 0 Å². The predicted octanol–water partition coefficient (Wildman–Crippen LogP) is 6.25. The Morgan fingerprint density at radius 2 is 0.893 bits per heavy atom. The largest absolute Gasteiger partial charge is 0.349 e. The van der Waals surface area contributed by atoms with E-state index in [4.69, 9.17) is 48.9 Å². The van der Waals surface area contributed by atoms with E-state index < -0.39 is 0 Å². The van der Waals surface area contributed by atoms with E-state index in [1.54, 1.807) is 39.3 Å². The van der Waals surface area contributed by atoms with Crippen LogP contribution in [-0.2, 0) is 0 Å². The highest BCUT2D eigenvalue weighted by Gasteiger charge is 2.15. The lowest BCUT2D eigenvalue weighted by Gasteiger charge is -2.29. The van der Waals surface area contributed by atoms with Crippen LogP contribution >= 0.6 is 110 Å². The molecule has 28 heavy (non-hydrogen) atoms. The second-order valence-corrected chi connectivity index (χ2v) is 17.3. The first-order valence-electron chi connectivity index (χ1n) is 8.77. The number of thiocarbonyl (C=S) groups is 4. The molecule has 2 aliphatic heterocycles. The fourth-order valence-electron chi connectivity index (χ4n) is 2.68. The minimum absolute atomic E-state index is 0.704. The summed E-state index contributed by atoms with van der Waals surface area (Å²) >= 11 is 21.6. The first-order chi connectivity index (χ1) is 13.6. The van der Waals surface area contributed by atoms with E-state index in [1.165, 1.54) is 60.1 Å². The summed E-state index contributed by atoms with van der Waals surface area (Å²) in [5, 5.41) is 7.82. The molecule has 0 atom stereocenters. The molecule has 2 saturated heterocycles. The van der Waals surface area contributed by atoms with Gasteiger partial charge in [0.2, 0.25) is 0 Å². The molecule has 0 aromatic heterocycles. The highest BCUT2D eigenvalue weighted by molar-refractivity contribution is 9.43. The Bertz CT molecular complexity index is 500. The van der Waals surface area contributed by atoms with Gasteiger partial charge in [0.05, 0.1) is 0 Å². The third-order valence-electron chi connectivity index (χ3n) is 4.01. The van der Waals surface area contributed by atoms with Crippen molar-refractivity contribution in [2.45, 2.75) is 38.5 Å². The number of piperidine rings is 2. The molecule has 0 aliphatic carbocycles. The Balaban J connectivity index is 1.47. The van der Waals surface area contributed by atoms with E-state index >= 15 is 0 Å². The molecule has 2 N–H and O–H groups in total. The van der Waals surface area contributed by atoms with E-state index in [9.17, 15) is 0 Å². The van der Waals surface area contributed by atoms with E-state index in [0.29, 0.717) is 8.64 Å². The minimum Gasteiger partial charge on any atom is -0.349 e. The first-order valence-corrected chi connectivity index (χ1v) is 17.9. The molecule has 2 fully saturated rings. The molecule has 0 unspecified atom stereocenters. The fourth-order valence-corrected chi connectivity index (χ4v) is 15.0. The van der Waals surface area contributed by atoms with Crippen LogP contribution in [0.5, 0.6) is 0 Å². The molecule has 0 spiro atoms. The molecule has 0 bridgehead atoms. The SMILES string of the molecule is S=C(NC(=S)N1CCCCC1)SSSSSSC(=S)NC(=S)N1CCCCC1. The van der Waals surface area contributed by atoms with Gasteiger partial charge in [0.25, 0.3) is 0 Å². The fraction of sp³-hybridized carbons (Fsp3) is 0.714. The van der Waals surface area contributed by atoms with Gasteiger partial charge in [-0.1, -0.05) is 24.4 Å². The third kappa shape index (κ3) is 10.8. The minimum atomic E-state index is 0.704. The number of nitrogens with zero attached hydrogens (tertiary/aromatic N) is 2. The van der Waals surface area contributed by atoms with Crippen molar-refractivity contribution in [1.82, 2.24) is 20.4 Å². The zero-order chi connectivity index (χ0) is 20.2. The number of nitrogens with one attached hydrogen (secondary N) is 2. The predicted molar refractivity (Wildman–Crippen MR) is 153 cm³/mol. The second-order valence-electron chi connectivity index (χ2n) is 5.97. The van der Waals surface area contributed by atoms with Crippen molar-refractivity contribution in [3.63, 3.8) is 0 Å². The van der Waals surface area contributed by atoms with Crippen LogP contribution in [0, 0.1) is 0 Å². The van der Waals surface area contributed by atoms with Crippen molar-refractivity contribution >= 4 is 129 Å². The van der Waals surface area contributed by atoms with Gasteiger partial charge in [-0.2, -0.15) is 0 Å². The molecule has 14 heteroatoms. The Hall–Kier alpha value is 1.66. The van der Waals surface area contributed by atoms with Crippen LogP contribution in [0.25, 0.3) is 0 Å². The van der Waals surface area contributed by atoms with Gasteiger partial charge in [-0.3, -0.25) is 0 Å². The number of rotatable bonds is 5. The van der Waals surface area contributed by atoms with Crippen molar-refractivity contribution in [3.8, 4) is 0 Å². The van der Waals surface area contributed by atoms with E-state index in [1.807, 2.05) is 0 Å². The maximum absolute atomic E-state index is 5.43. The lowest BCUT2D eigenvalue weighted by atomic mass is 10.1. The van der Waals surface area contributed by atoms with Gasteiger partial charge in [0, 0.05) is 26.2 Å². The van der Waals surface area contributed by atoms with Gasteiger partial charge >= 0.3 is 0 Å². The van der Waals surface area contributed by atoms with E-state index in [-0.39, 0.29) is 0 Å². The van der Waals surface area contributed by atoms with Crippen LogP contribution in [0.15, 0.2) is 0 Å². The molecule has 2 aliphatic rings. The zero-order valence-electron chi connectivity index (χ0n) is 15.0. The zero-order valence-corrected chi connectivity index (χ0v) is 23.2. The number of hydrogen-bond donors (Lipinski definition) is 2. The summed E-state index contributed by atoms with van der Waals surface area (Å²) in [5.74, 6) is 0. The highest BCUT2D eigenvalue weighted by Crippen LogP contribution is 2.52. The molecule has 158 valence electrons. The molecular formula is C14H22N4S10. The van der Waals surface area contributed by atoms with Crippen LogP contribution in [0.3, 0.4) is 0 Å². The van der Waals surface area contributed by atoms with Gasteiger partial charge in [0.15, 0.2) is 18.9 Å². The molecule has 0 aromatic rings. The molecule has 2 heterocycles. The number of hydrogen-bond acceptors (Lipinski definition) is 10. The van der Waals surface area contributed by atoms with Crippen LogP contribution in [0.4, 0.5) is 0 Å². The van der Waals surface area contributed by atoms with Gasteiger partial charge in [-0.15, -0.1) is 0 Å². The average molecular weight is 567 g/mol. The van der Waals surface area contributed by atoms with Gasteiger partial charge in [-0.05, 0) is 124 Å². The quantitative estimate of drug-likeness (QED) is 0.223. The standard InChI is InChI=1S/C14H22N4S10/c19-11(17-7-3-1-4-8-17)15-13(21)23-25-27-28-26-24-14(22)16-12(20)18-9-5-2-6-10-18/h1-10H2,(H,15,19,21)(H,16,20,22). The summed E-state index contributed by atoms with van der Waals surface area (Å²) in [6, 6.07) is 0. The molecule has 4 nitrogen and oxygen atoms in total. The van der Waals surface area contributed by atoms with Crippen LogP contribution < -0.4 is 10.6 Å². The first kappa shape index (κ1) is 25.9. The van der Waals surface area contributed by atoms with Crippen LogP contribution in [0.1, 0.15) is 38.5 Å². The Morgan fingerprint density at radius 3 is 1.25 bits per heavy atom. The van der Waals surface area contributed by atoms with Crippen molar-refractivity contribution < 1.29 is 0 Å². The molecule has 0 aromatic carbocycles. The monoisotopic (exact) mass is 566 g/mol. The molecule has 0 amide bonds. The van der Waals surface area contributed by atoms with Crippen molar-refractivity contribution in [3.05, 3.63) is 0 Å². The van der Waals surface area contributed by atoms with Crippen molar-refractivity contribution in [1.29, 1.82) is 0 Å². The van der Waals surface area contributed by atoms with E-state index in [0.717, 1.165) is 36.4 Å². The molecule has 2 rings (SSSR count). The Labute approximate surface area is 211 Å². The maximum atomic E-state index is 5.43. The summed E-state index contributed by atoms with van der Waals surface area (Å²) in [6.45, 7) is 4.11. The van der Waals surface area contributed by atoms with Gasteiger partial charge < -0.3 is 20.4 Å². The normalized spacial score (nSPS) is 17.1. The van der Waals surface area contributed by atoms with Crippen molar-refractivity contribution in [2.75, 3.05) is 26.2 Å². The highest BCUT2D eigenvalue weighted by atomic mass is 33.9. The molecule has 0 saturated carbocycles. The molecular weight excluding hydrogens is 545 g/mol. The Morgan fingerprint density at radius 1 is 0.536 bits per heavy atom. The number of likely N-dealkylation sites (tertiary alicyclic amines) is 2. The van der Waals surface area contributed by atoms with Crippen LogP contribution in [-0.4, -0.2) is 54.8 Å².